The van der Waals surface area contributed by atoms with Gasteiger partial charge in [-0.15, -0.1) is 11.6 Å². The Morgan fingerprint density at radius 2 is 2.00 bits per heavy atom. The van der Waals surface area contributed by atoms with Gasteiger partial charge >= 0.3 is 0 Å². The molecule has 2 aromatic rings. The number of nitrogens with zero attached hydrogens (tertiary/aromatic N) is 2. The van der Waals surface area contributed by atoms with E-state index in [0.29, 0.717) is 5.88 Å². The highest BCUT2D eigenvalue weighted by atomic mass is 35.5. The van der Waals surface area contributed by atoms with Gasteiger partial charge in [0.05, 0.1) is 5.69 Å². The molecular formula is C16H20Cl2N2. The van der Waals surface area contributed by atoms with Gasteiger partial charge in [0.25, 0.3) is 0 Å². The molecule has 20 heavy (non-hydrogen) atoms. The number of benzene rings is 1. The maximum Gasteiger partial charge on any atom is 0.0624 e. The van der Waals surface area contributed by atoms with Crippen molar-refractivity contribution >= 4 is 23.2 Å². The molecule has 1 aromatic carbocycles. The summed E-state index contributed by atoms with van der Waals surface area (Å²) in [5.41, 5.74) is 3.48. The molecule has 0 saturated heterocycles. The first-order valence-corrected chi connectivity index (χ1v) is 7.96. The Kier molecular flexibility index (Phi) is 5.50. The number of aryl methyl sites for hydroxylation is 2. The first-order valence-electron chi connectivity index (χ1n) is 7.05. The van der Waals surface area contributed by atoms with Crippen LogP contribution in [0.1, 0.15) is 36.7 Å². The van der Waals surface area contributed by atoms with E-state index in [1.807, 2.05) is 18.2 Å². The highest BCUT2D eigenvalue weighted by molar-refractivity contribution is 6.31. The van der Waals surface area contributed by atoms with Gasteiger partial charge in [-0.05, 0) is 37.5 Å². The molecule has 0 bridgehead atoms. The molecule has 0 aliphatic carbocycles. The number of hydrogen-bond acceptors (Lipinski definition) is 1. The molecule has 0 spiro atoms. The van der Waals surface area contributed by atoms with Crippen molar-refractivity contribution in [3.63, 3.8) is 0 Å². The molecule has 0 saturated carbocycles. The highest BCUT2D eigenvalue weighted by Gasteiger charge is 2.17. The number of rotatable bonds is 6. The van der Waals surface area contributed by atoms with Crippen LogP contribution in [-0.2, 0) is 19.4 Å². The monoisotopic (exact) mass is 310 g/mol. The predicted molar refractivity (Wildman–Crippen MR) is 85.9 cm³/mol. The zero-order valence-electron chi connectivity index (χ0n) is 11.9. The standard InChI is InChI=1S/C16H20Cl2N2/c1-3-13-10-14(20(4-2)19-13)9-12(11-17)15-7-5-6-8-16(15)18/h5-8,10,12H,3-4,9,11H2,1-2H3. The summed E-state index contributed by atoms with van der Waals surface area (Å²) in [6.07, 6.45) is 1.83. The lowest BCUT2D eigenvalue weighted by molar-refractivity contribution is 0.593. The van der Waals surface area contributed by atoms with E-state index in [2.05, 4.69) is 35.8 Å². The average molecular weight is 311 g/mol. The van der Waals surface area contributed by atoms with Gasteiger partial charge in [0.15, 0.2) is 0 Å². The van der Waals surface area contributed by atoms with Crippen molar-refractivity contribution in [2.45, 2.75) is 39.2 Å². The summed E-state index contributed by atoms with van der Waals surface area (Å²) in [6, 6.07) is 10.1. The summed E-state index contributed by atoms with van der Waals surface area (Å²) < 4.78 is 2.06. The third-order valence-electron chi connectivity index (χ3n) is 3.56. The molecular weight excluding hydrogens is 291 g/mol. The fourth-order valence-corrected chi connectivity index (χ4v) is 3.00. The molecule has 0 N–H and O–H groups in total. The van der Waals surface area contributed by atoms with Crippen molar-refractivity contribution in [1.82, 2.24) is 9.78 Å². The van der Waals surface area contributed by atoms with E-state index in [-0.39, 0.29) is 5.92 Å². The average Bonchev–Trinajstić information content (AvgIpc) is 2.88. The lowest BCUT2D eigenvalue weighted by atomic mass is 9.95. The van der Waals surface area contributed by atoms with Gasteiger partial charge in [-0.3, -0.25) is 4.68 Å². The Bertz CT molecular complexity index is 563. The molecule has 1 aromatic heterocycles. The van der Waals surface area contributed by atoms with Crippen LogP contribution >= 0.6 is 23.2 Å². The molecule has 0 fully saturated rings. The van der Waals surface area contributed by atoms with E-state index in [1.54, 1.807) is 0 Å². The Morgan fingerprint density at radius 1 is 1.25 bits per heavy atom. The summed E-state index contributed by atoms with van der Waals surface area (Å²) in [5.74, 6) is 0.775. The van der Waals surface area contributed by atoms with Gasteiger partial charge in [-0.25, -0.2) is 0 Å². The van der Waals surface area contributed by atoms with Crippen molar-refractivity contribution in [2.75, 3.05) is 5.88 Å². The maximum absolute atomic E-state index is 6.29. The molecule has 1 heterocycles. The highest BCUT2D eigenvalue weighted by Crippen LogP contribution is 2.28. The summed E-state index contributed by atoms with van der Waals surface area (Å²) in [5, 5.41) is 5.38. The maximum atomic E-state index is 6.29. The normalized spacial score (nSPS) is 12.6. The van der Waals surface area contributed by atoms with Crippen molar-refractivity contribution < 1.29 is 0 Å². The fourth-order valence-electron chi connectivity index (χ4n) is 2.43. The number of alkyl halides is 1. The third kappa shape index (κ3) is 3.36. The second kappa shape index (κ2) is 7.14. The fraction of sp³-hybridized carbons (Fsp3) is 0.438. The van der Waals surface area contributed by atoms with Crippen LogP contribution in [0.2, 0.25) is 5.02 Å². The minimum absolute atomic E-state index is 0.220. The van der Waals surface area contributed by atoms with Crippen LogP contribution < -0.4 is 0 Å². The van der Waals surface area contributed by atoms with Gasteiger partial charge in [0.2, 0.25) is 0 Å². The van der Waals surface area contributed by atoms with E-state index < -0.39 is 0 Å². The van der Waals surface area contributed by atoms with Crippen LogP contribution in [0.4, 0.5) is 0 Å². The minimum atomic E-state index is 0.220. The molecule has 2 rings (SSSR count). The van der Waals surface area contributed by atoms with Gasteiger partial charge in [-0.2, -0.15) is 5.10 Å². The number of aromatic nitrogens is 2. The molecule has 0 amide bonds. The second-order valence-corrected chi connectivity index (χ2v) is 5.59. The van der Waals surface area contributed by atoms with Crippen molar-refractivity contribution in [3.05, 3.63) is 52.3 Å². The van der Waals surface area contributed by atoms with Gasteiger partial charge in [0, 0.05) is 29.1 Å². The Morgan fingerprint density at radius 3 is 2.60 bits per heavy atom. The van der Waals surface area contributed by atoms with E-state index in [9.17, 15) is 0 Å². The third-order valence-corrected chi connectivity index (χ3v) is 4.28. The second-order valence-electron chi connectivity index (χ2n) is 4.87. The summed E-state index contributed by atoms with van der Waals surface area (Å²) in [4.78, 5) is 0. The molecule has 1 atom stereocenters. The van der Waals surface area contributed by atoms with E-state index >= 15 is 0 Å². The largest absolute Gasteiger partial charge is 0.270 e. The molecule has 1 unspecified atom stereocenters. The quantitative estimate of drug-likeness (QED) is 0.708. The van der Waals surface area contributed by atoms with Gasteiger partial charge < -0.3 is 0 Å². The molecule has 2 nitrogen and oxygen atoms in total. The predicted octanol–water partition coefficient (Wildman–Crippen LogP) is 4.68. The van der Waals surface area contributed by atoms with E-state index in [1.165, 1.54) is 5.69 Å². The van der Waals surface area contributed by atoms with Crippen LogP contribution in [0.25, 0.3) is 0 Å². The zero-order chi connectivity index (χ0) is 14.5. The summed E-state index contributed by atoms with van der Waals surface area (Å²) in [7, 11) is 0. The van der Waals surface area contributed by atoms with Gasteiger partial charge in [-0.1, -0.05) is 36.7 Å². The van der Waals surface area contributed by atoms with E-state index in [4.69, 9.17) is 23.2 Å². The molecule has 0 radical (unpaired) electrons. The lowest BCUT2D eigenvalue weighted by Crippen LogP contribution is -2.10. The lowest BCUT2D eigenvalue weighted by Gasteiger charge is -2.16. The number of hydrogen-bond donors (Lipinski definition) is 0. The number of halogens is 2. The summed E-state index contributed by atoms with van der Waals surface area (Å²) >= 11 is 12.5. The van der Waals surface area contributed by atoms with Gasteiger partial charge in [0.1, 0.15) is 0 Å². The Labute approximate surface area is 130 Å². The summed E-state index contributed by atoms with van der Waals surface area (Å²) in [6.45, 7) is 5.12. The van der Waals surface area contributed by atoms with Crippen LogP contribution in [0.3, 0.4) is 0 Å². The molecule has 0 aliphatic rings. The van der Waals surface area contributed by atoms with Crippen molar-refractivity contribution in [1.29, 1.82) is 0 Å². The first-order chi connectivity index (χ1) is 9.69. The Balaban J connectivity index is 2.26. The minimum Gasteiger partial charge on any atom is -0.270 e. The van der Waals surface area contributed by atoms with Crippen LogP contribution in [0.5, 0.6) is 0 Å². The SMILES string of the molecule is CCc1cc(CC(CCl)c2ccccc2Cl)n(CC)n1. The smallest absolute Gasteiger partial charge is 0.0624 e. The van der Waals surface area contributed by atoms with E-state index in [0.717, 1.165) is 35.7 Å². The first kappa shape index (κ1) is 15.4. The van der Waals surface area contributed by atoms with Crippen LogP contribution in [0, 0.1) is 0 Å². The zero-order valence-corrected chi connectivity index (χ0v) is 13.5. The topological polar surface area (TPSA) is 17.8 Å². The van der Waals surface area contributed by atoms with Crippen molar-refractivity contribution in [2.24, 2.45) is 0 Å². The molecule has 108 valence electrons. The molecule has 4 heteroatoms. The molecule has 0 aliphatic heterocycles. The van der Waals surface area contributed by atoms with Crippen molar-refractivity contribution in [3.8, 4) is 0 Å². The van der Waals surface area contributed by atoms with Crippen LogP contribution in [-0.4, -0.2) is 15.7 Å². The Hall–Kier alpha value is -0.990. The van der Waals surface area contributed by atoms with Crippen LogP contribution in [0.15, 0.2) is 30.3 Å².